The lowest BCUT2D eigenvalue weighted by molar-refractivity contribution is 0.596. The zero-order valence-electron chi connectivity index (χ0n) is 13.0. The van der Waals surface area contributed by atoms with E-state index in [0.29, 0.717) is 22.3 Å². The Kier molecular flexibility index (Phi) is 4.32. The van der Waals surface area contributed by atoms with Crippen molar-refractivity contribution >= 4 is 43.1 Å². The lowest BCUT2D eigenvalue weighted by Gasteiger charge is -2.05. The monoisotopic (exact) mass is 411 g/mol. The maximum atomic E-state index is 11.6. The van der Waals surface area contributed by atoms with Crippen LogP contribution in [0.5, 0.6) is 0 Å². The molecule has 0 spiro atoms. The molecule has 26 heavy (non-hydrogen) atoms. The van der Waals surface area contributed by atoms with Gasteiger partial charge in [0.1, 0.15) is 0 Å². The van der Waals surface area contributed by atoms with Gasteiger partial charge in [-0.15, -0.1) is 0 Å². The molecule has 0 saturated heterocycles. The van der Waals surface area contributed by atoms with Crippen LogP contribution in [-0.2, 0) is 20.0 Å². The van der Waals surface area contributed by atoms with Crippen LogP contribution < -0.4 is 21.4 Å². The number of primary sulfonamides is 2. The van der Waals surface area contributed by atoms with Crippen molar-refractivity contribution in [2.45, 2.75) is 9.79 Å². The van der Waals surface area contributed by atoms with E-state index >= 15 is 0 Å². The fourth-order valence-electron chi connectivity index (χ4n) is 2.64. The Balaban J connectivity index is 2.30. The maximum Gasteiger partial charge on any atom is 0.238 e. The second kappa shape index (κ2) is 6.10. The van der Waals surface area contributed by atoms with Crippen molar-refractivity contribution in [2.24, 2.45) is 21.1 Å². The lowest BCUT2D eigenvalue weighted by atomic mass is 10.1. The van der Waals surface area contributed by atoms with Crippen molar-refractivity contribution < 1.29 is 16.8 Å². The highest BCUT2D eigenvalue weighted by Gasteiger charge is 2.28. The molecule has 1 aliphatic carbocycles. The van der Waals surface area contributed by atoms with Gasteiger partial charge in [0.25, 0.3) is 0 Å². The van der Waals surface area contributed by atoms with Gasteiger partial charge in [-0.1, -0.05) is 12.1 Å². The Labute approximate surface area is 155 Å². The molecular formula is C14H13N5O4S3. The maximum absolute atomic E-state index is 11.6. The Bertz CT molecular complexity index is 1100. The van der Waals surface area contributed by atoms with Crippen LogP contribution in [0.3, 0.4) is 0 Å². The van der Waals surface area contributed by atoms with Gasteiger partial charge >= 0.3 is 0 Å². The summed E-state index contributed by atoms with van der Waals surface area (Å²) < 4.78 is 46.6. The summed E-state index contributed by atoms with van der Waals surface area (Å²) in [6, 6.07) is 8.54. The number of benzene rings is 2. The van der Waals surface area contributed by atoms with Gasteiger partial charge < -0.3 is 5.73 Å². The van der Waals surface area contributed by atoms with Crippen molar-refractivity contribution in [3.8, 4) is 11.1 Å². The highest BCUT2D eigenvalue weighted by atomic mass is 32.2. The third-order valence-corrected chi connectivity index (χ3v) is 5.63. The first kappa shape index (κ1) is 18.4. The van der Waals surface area contributed by atoms with E-state index in [1.54, 1.807) is 12.1 Å². The number of nitrogens with zero attached hydrogens (tertiary/aromatic N) is 1. The lowest BCUT2D eigenvalue weighted by Crippen LogP contribution is -2.25. The number of hydrogen-bond acceptors (Lipinski definition) is 6. The van der Waals surface area contributed by atoms with Crippen LogP contribution in [0.25, 0.3) is 11.1 Å². The smallest absolute Gasteiger partial charge is 0.238 e. The van der Waals surface area contributed by atoms with Gasteiger partial charge in [0.2, 0.25) is 20.0 Å². The molecule has 12 heteroatoms. The molecule has 0 aromatic heterocycles. The van der Waals surface area contributed by atoms with Gasteiger partial charge in [0.05, 0.1) is 15.5 Å². The third kappa shape index (κ3) is 3.32. The molecule has 2 aromatic rings. The SMILES string of the molecule is NC(=S)NN=C1c2cc(S(N)(=O)=O)ccc2-c2ccc(S(N)(=O)=O)cc21. The van der Waals surface area contributed by atoms with E-state index in [1.807, 2.05) is 0 Å². The molecule has 0 aliphatic heterocycles. The molecule has 0 heterocycles. The molecule has 0 unspecified atom stereocenters. The average molecular weight is 411 g/mol. The molecule has 0 amide bonds. The summed E-state index contributed by atoms with van der Waals surface area (Å²) in [6.07, 6.45) is 0. The predicted molar refractivity (Wildman–Crippen MR) is 100 cm³/mol. The standard InChI is InChI=1S/C14H13N5O4S3/c15-14(24)19-18-13-11-5-7(25(16,20)21)1-3-9(11)10-4-2-8(6-12(10)13)26(17,22)23/h1-6H,(H3,15,19,24)(H2,16,20,21)(H2,17,22,23). The summed E-state index contributed by atoms with van der Waals surface area (Å²) in [5, 5.41) is 14.3. The second-order valence-electron chi connectivity index (χ2n) is 5.44. The summed E-state index contributed by atoms with van der Waals surface area (Å²) in [5.74, 6) is 0. The van der Waals surface area contributed by atoms with Gasteiger partial charge in [0, 0.05) is 11.1 Å². The Hall–Kier alpha value is -2.38. The van der Waals surface area contributed by atoms with Crippen molar-refractivity contribution in [3.05, 3.63) is 47.5 Å². The van der Waals surface area contributed by atoms with Crippen LogP contribution >= 0.6 is 12.2 Å². The minimum absolute atomic E-state index is 0.112. The van der Waals surface area contributed by atoms with E-state index in [1.165, 1.54) is 24.3 Å². The molecule has 2 aromatic carbocycles. The molecule has 0 bridgehead atoms. The van der Waals surface area contributed by atoms with Crippen molar-refractivity contribution in [1.82, 2.24) is 5.43 Å². The number of thiocarbonyl (C=S) groups is 1. The average Bonchev–Trinajstić information content (AvgIpc) is 2.83. The minimum atomic E-state index is -3.94. The van der Waals surface area contributed by atoms with Crippen molar-refractivity contribution in [2.75, 3.05) is 0 Å². The molecule has 0 radical (unpaired) electrons. The van der Waals surface area contributed by atoms with E-state index in [9.17, 15) is 16.8 Å². The predicted octanol–water partition coefficient (Wildman–Crippen LogP) is -0.453. The molecule has 0 saturated carbocycles. The van der Waals surface area contributed by atoms with Crippen molar-refractivity contribution in [3.63, 3.8) is 0 Å². The van der Waals surface area contributed by atoms with Gasteiger partial charge in [-0.05, 0) is 47.6 Å². The van der Waals surface area contributed by atoms with Crippen LogP contribution in [0.1, 0.15) is 11.1 Å². The fraction of sp³-hybridized carbons (Fsp3) is 0. The number of sulfonamides is 2. The van der Waals surface area contributed by atoms with Gasteiger partial charge in [0.15, 0.2) is 5.11 Å². The van der Waals surface area contributed by atoms with Gasteiger partial charge in [-0.25, -0.2) is 27.1 Å². The number of fused-ring (bicyclic) bond motifs is 3. The van der Waals surface area contributed by atoms with E-state index in [0.717, 1.165) is 0 Å². The summed E-state index contributed by atoms with van der Waals surface area (Å²) >= 11 is 4.73. The molecule has 0 fully saturated rings. The zero-order valence-corrected chi connectivity index (χ0v) is 15.5. The fourth-order valence-corrected chi connectivity index (χ4v) is 3.76. The van der Waals surface area contributed by atoms with E-state index in [4.69, 9.17) is 28.2 Å². The van der Waals surface area contributed by atoms with E-state index in [-0.39, 0.29) is 20.6 Å². The molecule has 9 nitrogen and oxygen atoms in total. The molecule has 1 aliphatic rings. The summed E-state index contributed by atoms with van der Waals surface area (Å²) in [5.41, 5.74) is 10.2. The highest BCUT2D eigenvalue weighted by Crippen LogP contribution is 2.38. The Morgan fingerprint density at radius 1 is 0.846 bits per heavy atom. The van der Waals surface area contributed by atoms with E-state index < -0.39 is 20.0 Å². The number of hydrazone groups is 1. The van der Waals surface area contributed by atoms with Gasteiger partial charge in [-0.2, -0.15) is 5.10 Å². The zero-order chi connectivity index (χ0) is 19.3. The first-order chi connectivity index (χ1) is 12.0. The number of nitrogens with one attached hydrogen (secondary N) is 1. The van der Waals surface area contributed by atoms with Crippen LogP contribution in [0.4, 0.5) is 0 Å². The molecule has 3 rings (SSSR count). The minimum Gasteiger partial charge on any atom is -0.375 e. The molecular weight excluding hydrogens is 398 g/mol. The van der Waals surface area contributed by atoms with Crippen LogP contribution in [0.15, 0.2) is 51.3 Å². The summed E-state index contributed by atoms with van der Waals surface area (Å²) in [6.45, 7) is 0. The van der Waals surface area contributed by atoms with Crippen LogP contribution in [0, 0.1) is 0 Å². The third-order valence-electron chi connectivity index (χ3n) is 3.72. The molecule has 0 atom stereocenters. The topological polar surface area (TPSA) is 171 Å². The van der Waals surface area contributed by atoms with Crippen molar-refractivity contribution in [1.29, 1.82) is 0 Å². The normalized spacial score (nSPS) is 13.1. The summed E-state index contributed by atoms with van der Waals surface area (Å²) in [7, 11) is -7.88. The number of nitrogens with two attached hydrogens (primary N) is 3. The summed E-state index contributed by atoms with van der Waals surface area (Å²) in [4.78, 5) is -0.225. The first-order valence-corrected chi connectivity index (χ1v) is 10.5. The Morgan fingerprint density at radius 2 is 1.27 bits per heavy atom. The Morgan fingerprint density at radius 3 is 1.62 bits per heavy atom. The first-order valence-electron chi connectivity index (χ1n) is 6.96. The quantitative estimate of drug-likeness (QED) is 0.334. The van der Waals surface area contributed by atoms with Gasteiger partial charge in [-0.3, -0.25) is 5.43 Å². The second-order valence-corrected chi connectivity index (χ2v) is 9.00. The number of rotatable bonds is 3. The van der Waals surface area contributed by atoms with E-state index in [2.05, 4.69) is 10.5 Å². The number of hydrogen-bond donors (Lipinski definition) is 4. The van der Waals surface area contributed by atoms with Crippen LogP contribution in [0.2, 0.25) is 0 Å². The highest BCUT2D eigenvalue weighted by molar-refractivity contribution is 7.89. The largest absolute Gasteiger partial charge is 0.375 e. The van der Waals surface area contributed by atoms with Crippen LogP contribution in [-0.4, -0.2) is 27.7 Å². The molecule has 136 valence electrons. The molecule has 7 N–H and O–H groups in total.